The Bertz CT molecular complexity index is 539. The summed E-state index contributed by atoms with van der Waals surface area (Å²) in [6.07, 6.45) is 0.603. The first-order valence-corrected chi connectivity index (χ1v) is 5.87. The van der Waals surface area contributed by atoms with Gasteiger partial charge in [-0.05, 0) is 18.9 Å². The van der Waals surface area contributed by atoms with Gasteiger partial charge in [-0.15, -0.1) is 4.73 Å². The maximum absolute atomic E-state index is 13.4. The number of aromatic nitrogens is 1. The van der Waals surface area contributed by atoms with Crippen LogP contribution in [0, 0.1) is 5.82 Å². The summed E-state index contributed by atoms with van der Waals surface area (Å²) in [6, 6.07) is -0.762. The standard InChI is InChI=1S/C12H14F3NO2/c13-10-8(11(14)15)6-9(16(18)12(10)17)7-4-2-1-3-5-7/h6-7,11,18H,1-5H2/i6D. The van der Waals surface area contributed by atoms with Crippen LogP contribution in [-0.2, 0) is 0 Å². The van der Waals surface area contributed by atoms with Crippen molar-refractivity contribution in [1.29, 1.82) is 0 Å². The summed E-state index contributed by atoms with van der Waals surface area (Å²) in [4.78, 5) is 11.4. The second-order valence-corrected chi connectivity index (χ2v) is 4.49. The summed E-state index contributed by atoms with van der Waals surface area (Å²) in [5, 5.41) is 9.62. The number of halogens is 3. The zero-order chi connectivity index (χ0) is 14.2. The van der Waals surface area contributed by atoms with Gasteiger partial charge in [-0.1, -0.05) is 19.3 Å². The number of pyridine rings is 1. The average Bonchev–Trinajstić information content (AvgIpc) is 2.37. The molecular weight excluding hydrogens is 247 g/mol. The minimum Gasteiger partial charge on any atom is -0.425 e. The van der Waals surface area contributed by atoms with E-state index in [-0.39, 0.29) is 16.3 Å². The van der Waals surface area contributed by atoms with Crippen LogP contribution in [-0.4, -0.2) is 9.94 Å². The molecule has 0 atom stereocenters. The van der Waals surface area contributed by atoms with E-state index in [4.69, 9.17) is 1.37 Å². The molecule has 0 spiro atoms. The maximum Gasteiger partial charge on any atom is 0.319 e. The summed E-state index contributed by atoms with van der Waals surface area (Å²) in [7, 11) is 0. The van der Waals surface area contributed by atoms with Crippen LogP contribution in [0.15, 0.2) is 10.8 Å². The average molecular weight is 262 g/mol. The van der Waals surface area contributed by atoms with Crippen molar-refractivity contribution in [3.8, 4) is 0 Å². The van der Waals surface area contributed by atoms with E-state index in [1.54, 1.807) is 0 Å². The third-order valence-corrected chi connectivity index (χ3v) is 3.32. The van der Waals surface area contributed by atoms with Crippen molar-refractivity contribution in [1.82, 2.24) is 4.73 Å². The van der Waals surface area contributed by atoms with Crippen LogP contribution in [0.5, 0.6) is 0 Å². The summed E-state index contributed by atoms with van der Waals surface area (Å²) in [5.74, 6) is -2.10. The molecule has 2 rings (SSSR count). The lowest BCUT2D eigenvalue weighted by atomic mass is 9.86. The molecule has 0 radical (unpaired) electrons. The number of rotatable bonds is 2. The predicted molar refractivity (Wildman–Crippen MR) is 58.6 cm³/mol. The highest BCUT2D eigenvalue weighted by molar-refractivity contribution is 5.23. The first kappa shape index (κ1) is 11.6. The van der Waals surface area contributed by atoms with Crippen LogP contribution < -0.4 is 5.56 Å². The minimum atomic E-state index is -3.25. The van der Waals surface area contributed by atoms with Crippen molar-refractivity contribution in [3.05, 3.63) is 33.5 Å². The summed E-state index contributed by atoms with van der Waals surface area (Å²) < 4.78 is 46.6. The third-order valence-electron chi connectivity index (χ3n) is 3.32. The van der Waals surface area contributed by atoms with E-state index in [9.17, 15) is 23.2 Å². The van der Waals surface area contributed by atoms with E-state index in [0.29, 0.717) is 12.8 Å². The van der Waals surface area contributed by atoms with Gasteiger partial charge in [-0.2, -0.15) is 0 Å². The molecule has 18 heavy (non-hydrogen) atoms. The molecule has 6 heteroatoms. The van der Waals surface area contributed by atoms with Crippen LogP contribution in [0.4, 0.5) is 13.2 Å². The van der Waals surface area contributed by atoms with Gasteiger partial charge < -0.3 is 5.21 Å². The van der Waals surface area contributed by atoms with Gasteiger partial charge in [-0.25, -0.2) is 13.2 Å². The zero-order valence-corrected chi connectivity index (χ0v) is 9.63. The molecular formula is C12H14F3NO2. The third kappa shape index (κ3) is 2.23. The summed E-state index contributed by atoms with van der Waals surface area (Å²) in [5.41, 5.74) is -2.91. The van der Waals surface area contributed by atoms with Crippen LogP contribution >= 0.6 is 0 Å². The van der Waals surface area contributed by atoms with Crippen molar-refractivity contribution in [3.63, 3.8) is 0 Å². The largest absolute Gasteiger partial charge is 0.425 e. The van der Waals surface area contributed by atoms with E-state index >= 15 is 0 Å². The molecule has 100 valence electrons. The van der Waals surface area contributed by atoms with Gasteiger partial charge in [0, 0.05) is 5.92 Å². The topological polar surface area (TPSA) is 42.2 Å². The number of hydrogen-bond acceptors (Lipinski definition) is 2. The molecule has 1 saturated carbocycles. The lowest BCUT2D eigenvalue weighted by Crippen LogP contribution is -2.28. The molecule has 1 aromatic heterocycles. The molecule has 0 aromatic carbocycles. The Hall–Kier alpha value is -1.46. The second kappa shape index (κ2) is 5.04. The van der Waals surface area contributed by atoms with E-state index in [1.165, 1.54) is 0 Å². The Kier molecular flexibility index (Phi) is 3.25. The lowest BCUT2D eigenvalue weighted by Gasteiger charge is -2.23. The Labute approximate surface area is 103 Å². The fourth-order valence-electron chi connectivity index (χ4n) is 2.36. The Morgan fingerprint density at radius 3 is 2.56 bits per heavy atom. The first-order valence-electron chi connectivity index (χ1n) is 6.37. The van der Waals surface area contributed by atoms with Crippen molar-refractivity contribution < 1.29 is 19.7 Å². The van der Waals surface area contributed by atoms with Crippen molar-refractivity contribution in [2.75, 3.05) is 0 Å². The minimum absolute atomic E-state index is 0.0273. The van der Waals surface area contributed by atoms with Crippen LogP contribution in [0.3, 0.4) is 0 Å². The summed E-state index contributed by atoms with van der Waals surface area (Å²) in [6.45, 7) is 0. The monoisotopic (exact) mass is 262 g/mol. The summed E-state index contributed by atoms with van der Waals surface area (Å²) >= 11 is 0. The smallest absolute Gasteiger partial charge is 0.319 e. The number of alkyl halides is 2. The van der Waals surface area contributed by atoms with Gasteiger partial charge in [0.15, 0.2) is 5.82 Å². The molecule has 1 aliphatic rings. The molecule has 0 amide bonds. The number of nitrogens with zero attached hydrogens (tertiary/aromatic N) is 1. The van der Waals surface area contributed by atoms with Gasteiger partial charge in [0.1, 0.15) is 0 Å². The highest BCUT2D eigenvalue weighted by Gasteiger charge is 2.25. The highest BCUT2D eigenvalue weighted by atomic mass is 19.3. The maximum atomic E-state index is 13.4. The Balaban J connectivity index is 2.62. The van der Waals surface area contributed by atoms with E-state index in [1.807, 2.05) is 0 Å². The molecule has 1 heterocycles. The van der Waals surface area contributed by atoms with E-state index in [2.05, 4.69) is 0 Å². The first-order chi connectivity index (χ1) is 8.95. The normalized spacial score (nSPS) is 18.1. The van der Waals surface area contributed by atoms with Gasteiger partial charge in [0.05, 0.1) is 12.6 Å². The molecule has 1 aromatic rings. The molecule has 1 fully saturated rings. The van der Waals surface area contributed by atoms with E-state index in [0.717, 1.165) is 19.3 Å². The molecule has 3 nitrogen and oxygen atoms in total. The second-order valence-electron chi connectivity index (χ2n) is 4.49. The Morgan fingerprint density at radius 2 is 2.00 bits per heavy atom. The molecule has 0 aliphatic heterocycles. The molecule has 0 unspecified atom stereocenters. The van der Waals surface area contributed by atoms with E-state index < -0.39 is 29.4 Å². The van der Waals surface area contributed by atoms with Gasteiger partial charge in [0.25, 0.3) is 6.43 Å². The molecule has 1 aliphatic carbocycles. The van der Waals surface area contributed by atoms with Gasteiger partial charge in [-0.3, -0.25) is 4.79 Å². The van der Waals surface area contributed by atoms with Crippen LogP contribution in [0.1, 0.15) is 57.1 Å². The van der Waals surface area contributed by atoms with Crippen LogP contribution in [0.25, 0.3) is 0 Å². The van der Waals surface area contributed by atoms with Crippen molar-refractivity contribution >= 4 is 0 Å². The quantitative estimate of drug-likeness (QED) is 0.831. The fourth-order valence-corrected chi connectivity index (χ4v) is 2.36. The fraction of sp³-hybridized carbons (Fsp3) is 0.583. The molecule has 0 saturated heterocycles. The van der Waals surface area contributed by atoms with Gasteiger partial charge in [0.2, 0.25) is 0 Å². The molecule has 1 N–H and O–H groups in total. The van der Waals surface area contributed by atoms with Crippen LogP contribution in [0.2, 0.25) is 0 Å². The lowest BCUT2D eigenvalue weighted by molar-refractivity contribution is 0.131. The van der Waals surface area contributed by atoms with Crippen molar-refractivity contribution in [2.45, 2.75) is 44.4 Å². The van der Waals surface area contributed by atoms with Crippen molar-refractivity contribution in [2.24, 2.45) is 0 Å². The van der Waals surface area contributed by atoms with Gasteiger partial charge >= 0.3 is 5.56 Å². The number of hydrogen-bond donors (Lipinski definition) is 1. The SMILES string of the molecule is [2H]c1c(C(F)F)c(F)c(=O)n(O)c1C1CCCCC1. The Morgan fingerprint density at radius 1 is 1.39 bits per heavy atom. The highest BCUT2D eigenvalue weighted by Crippen LogP contribution is 2.33. The predicted octanol–water partition coefficient (Wildman–Crippen LogP) is 3.21. The molecule has 0 bridgehead atoms. The zero-order valence-electron chi connectivity index (χ0n) is 10.6.